The van der Waals surface area contributed by atoms with E-state index < -0.39 is 0 Å². The van der Waals surface area contributed by atoms with Crippen LogP contribution in [0.3, 0.4) is 0 Å². The molecule has 0 aliphatic carbocycles. The highest BCUT2D eigenvalue weighted by molar-refractivity contribution is 7.10. The van der Waals surface area contributed by atoms with Crippen molar-refractivity contribution in [1.82, 2.24) is 0 Å². The standard InChI is InChI=1S/C33H35N5O3S/c34-33(35)36-18-7-9-20-41-29-22-24(32(40)38-19-8-6-14-30-28(38)17-21-42-30)15-16-27(29)37-31(39)26-13-5-4-12-25(26)23-10-2-1-3-11-23/h1-5,10-13,15-17,21-22H,6-9,14,18-20H2,(H,37,39)(H4,34,35,36). The van der Waals surface area contributed by atoms with Gasteiger partial charge in [-0.3, -0.25) is 14.6 Å². The molecule has 1 aliphatic rings. The second-order valence-corrected chi connectivity index (χ2v) is 11.1. The summed E-state index contributed by atoms with van der Waals surface area (Å²) < 4.78 is 6.16. The molecule has 4 aromatic rings. The van der Waals surface area contributed by atoms with E-state index in [1.54, 1.807) is 35.6 Å². The highest BCUT2D eigenvalue weighted by atomic mass is 32.1. The van der Waals surface area contributed by atoms with Gasteiger partial charge in [-0.25, -0.2) is 0 Å². The number of rotatable bonds is 10. The summed E-state index contributed by atoms with van der Waals surface area (Å²) in [5.41, 5.74) is 15.2. The van der Waals surface area contributed by atoms with Crippen LogP contribution in [0.2, 0.25) is 0 Å². The third kappa shape index (κ3) is 6.98. The van der Waals surface area contributed by atoms with E-state index in [1.807, 2.05) is 64.9 Å². The summed E-state index contributed by atoms with van der Waals surface area (Å²) in [6.45, 7) is 1.54. The molecule has 0 atom stereocenters. The SMILES string of the molecule is NC(N)=NCCCCOc1cc(C(=O)N2CCCCc3sccc32)ccc1NC(=O)c1ccccc1-c1ccccc1. The van der Waals surface area contributed by atoms with Crippen molar-refractivity contribution in [2.24, 2.45) is 16.5 Å². The summed E-state index contributed by atoms with van der Waals surface area (Å²) in [7, 11) is 0. The van der Waals surface area contributed by atoms with E-state index in [1.165, 1.54) is 4.88 Å². The zero-order valence-electron chi connectivity index (χ0n) is 23.4. The van der Waals surface area contributed by atoms with Crippen LogP contribution in [0.1, 0.15) is 51.3 Å². The molecule has 3 aromatic carbocycles. The van der Waals surface area contributed by atoms with Gasteiger partial charge in [0.1, 0.15) is 5.75 Å². The number of thiophene rings is 1. The Balaban J connectivity index is 1.40. The van der Waals surface area contributed by atoms with Crippen LogP contribution in [0.4, 0.5) is 11.4 Å². The number of aliphatic imine (C=N–C) groups is 1. The van der Waals surface area contributed by atoms with Gasteiger partial charge in [0.2, 0.25) is 0 Å². The number of carbonyl (C=O) groups is 2. The summed E-state index contributed by atoms with van der Waals surface area (Å²) in [6.07, 6.45) is 4.42. The first-order valence-electron chi connectivity index (χ1n) is 14.2. The van der Waals surface area contributed by atoms with Crippen LogP contribution in [0.5, 0.6) is 5.75 Å². The van der Waals surface area contributed by atoms with E-state index in [0.29, 0.717) is 48.7 Å². The number of anilines is 2. The fraction of sp³-hybridized carbons (Fsp3) is 0.242. The third-order valence-electron chi connectivity index (χ3n) is 7.13. The Labute approximate surface area is 250 Å². The molecule has 2 heterocycles. The molecule has 0 saturated heterocycles. The Hall–Kier alpha value is -4.63. The van der Waals surface area contributed by atoms with Gasteiger partial charge in [0.05, 0.1) is 18.0 Å². The first-order valence-corrected chi connectivity index (χ1v) is 15.1. The third-order valence-corrected chi connectivity index (χ3v) is 8.10. The monoisotopic (exact) mass is 581 g/mol. The lowest BCUT2D eigenvalue weighted by atomic mass is 9.99. The number of nitrogens with one attached hydrogen (secondary N) is 1. The second kappa shape index (κ2) is 13.8. The first kappa shape index (κ1) is 28.9. The van der Waals surface area contributed by atoms with Crippen LogP contribution < -0.4 is 26.4 Å². The van der Waals surface area contributed by atoms with E-state index in [9.17, 15) is 9.59 Å². The molecule has 42 heavy (non-hydrogen) atoms. The zero-order chi connectivity index (χ0) is 29.3. The number of amides is 2. The zero-order valence-corrected chi connectivity index (χ0v) is 24.2. The van der Waals surface area contributed by atoms with Crippen molar-refractivity contribution in [2.45, 2.75) is 32.1 Å². The summed E-state index contributed by atoms with van der Waals surface area (Å²) >= 11 is 1.69. The van der Waals surface area contributed by atoms with Crippen molar-refractivity contribution in [2.75, 3.05) is 29.9 Å². The van der Waals surface area contributed by atoms with Crippen molar-refractivity contribution in [3.8, 4) is 16.9 Å². The van der Waals surface area contributed by atoms with Gasteiger partial charge in [-0.05, 0) is 78.9 Å². The lowest BCUT2D eigenvalue weighted by Crippen LogP contribution is -2.31. The van der Waals surface area contributed by atoms with E-state index >= 15 is 0 Å². The summed E-state index contributed by atoms with van der Waals surface area (Å²) in [6, 6.07) is 24.5. The molecule has 0 fully saturated rings. The predicted octanol–water partition coefficient (Wildman–Crippen LogP) is 6.08. The summed E-state index contributed by atoms with van der Waals surface area (Å²) in [5.74, 6) is 0.154. The van der Waals surface area contributed by atoms with Gasteiger partial charge in [0, 0.05) is 29.1 Å². The summed E-state index contributed by atoms with van der Waals surface area (Å²) in [4.78, 5) is 34.4. The minimum absolute atomic E-state index is 0.0604. The lowest BCUT2D eigenvalue weighted by Gasteiger charge is -2.22. The largest absolute Gasteiger partial charge is 0.491 e. The van der Waals surface area contributed by atoms with Gasteiger partial charge in [-0.15, -0.1) is 11.3 Å². The van der Waals surface area contributed by atoms with E-state index in [4.69, 9.17) is 16.2 Å². The molecular weight excluding hydrogens is 546 g/mol. The van der Waals surface area contributed by atoms with E-state index in [-0.39, 0.29) is 17.8 Å². The van der Waals surface area contributed by atoms with Crippen LogP contribution in [0.25, 0.3) is 11.1 Å². The number of unbranched alkanes of at least 4 members (excludes halogenated alkanes) is 1. The Kier molecular flexibility index (Phi) is 9.51. The van der Waals surface area contributed by atoms with Gasteiger partial charge in [0.25, 0.3) is 11.8 Å². The van der Waals surface area contributed by atoms with Gasteiger partial charge in [0.15, 0.2) is 5.96 Å². The Morgan fingerprint density at radius 3 is 2.60 bits per heavy atom. The number of aryl methyl sites for hydroxylation is 1. The predicted molar refractivity (Wildman–Crippen MR) is 171 cm³/mol. The molecule has 0 spiro atoms. The number of guanidine groups is 1. The van der Waals surface area contributed by atoms with Crippen molar-refractivity contribution in [3.63, 3.8) is 0 Å². The number of nitrogens with zero attached hydrogens (tertiary/aromatic N) is 2. The molecule has 8 nitrogen and oxygen atoms in total. The Morgan fingerprint density at radius 1 is 0.952 bits per heavy atom. The number of benzene rings is 3. The molecule has 0 unspecified atom stereocenters. The van der Waals surface area contributed by atoms with Crippen molar-refractivity contribution in [1.29, 1.82) is 0 Å². The molecule has 9 heteroatoms. The van der Waals surface area contributed by atoms with Crippen LogP contribution in [0, 0.1) is 0 Å². The van der Waals surface area contributed by atoms with Crippen molar-refractivity contribution >= 4 is 40.5 Å². The molecule has 0 radical (unpaired) electrons. The van der Waals surface area contributed by atoms with Gasteiger partial charge >= 0.3 is 0 Å². The first-order chi connectivity index (χ1) is 20.5. The van der Waals surface area contributed by atoms with Crippen LogP contribution >= 0.6 is 11.3 Å². The molecule has 1 aromatic heterocycles. The topological polar surface area (TPSA) is 123 Å². The fourth-order valence-corrected chi connectivity index (χ4v) is 5.95. The van der Waals surface area contributed by atoms with Gasteiger partial charge in [-0.1, -0.05) is 48.5 Å². The van der Waals surface area contributed by atoms with Gasteiger partial charge in [-0.2, -0.15) is 0 Å². The van der Waals surface area contributed by atoms with E-state index in [0.717, 1.165) is 42.5 Å². The number of hydrogen-bond acceptors (Lipinski definition) is 5. The molecule has 5 N–H and O–H groups in total. The van der Waals surface area contributed by atoms with Gasteiger partial charge < -0.3 is 26.4 Å². The maximum Gasteiger partial charge on any atom is 0.258 e. The smallest absolute Gasteiger partial charge is 0.258 e. The average Bonchev–Trinajstić information content (AvgIpc) is 3.38. The molecule has 0 bridgehead atoms. The van der Waals surface area contributed by atoms with E-state index in [2.05, 4.69) is 10.3 Å². The molecular formula is C33H35N5O3S. The minimum Gasteiger partial charge on any atom is -0.491 e. The number of fused-ring (bicyclic) bond motifs is 1. The summed E-state index contributed by atoms with van der Waals surface area (Å²) in [5, 5.41) is 5.07. The molecule has 1 aliphatic heterocycles. The van der Waals surface area contributed by atoms with Crippen LogP contribution in [-0.2, 0) is 6.42 Å². The Morgan fingerprint density at radius 2 is 1.76 bits per heavy atom. The number of ether oxygens (including phenoxy) is 1. The lowest BCUT2D eigenvalue weighted by molar-refractivity contribution is 0.0985. The normalized spacial score (nSPS) is 12.6. The second-order valence-electron chi connectivity index (χ2n) is 10.1. The number of hydrogen-bond donors (Lipinski definition) is 3. The fourth-order valence-electron chi connectivity index (χ4n) is 5.03. The maximum atomic E-state index is 13.8. The molecule has 0 saturated carbocycles. The Bertz CT molecular complexity index is 1560. The maximum absolute atomic E-state index is 13.8. The molecule has 216 valence electrons. The highest BCUT2D eigenvalue weighted by Crippen LogP contribution is 2.34. The number of carbonyl (C=O) groups excluding carboxylic acids is 2. The van der Waals surface area contributed by atoms with Crippen LogP contribution in [0.15, 0.2) is 89.2 Å². The minimum atomic E-state index is -0.262. The molecule has 5 rings (SSSR count). The highest BCUT2D eigenvalue weighted by Gasteiger charge is 2.24. The number of nitrogens with two attached hydrogens (primary N) is 2. The van der Waals surface area contributed by atoms with Crippen molar-refractivity contribution in [3.05, 3.63) is 100 Å². The average molecular weight is 582 g/mol. The molecule has 2 amide bonds. The quantitative estimate of drug-likeness (QED) is 0.119. The van der Waals surface area contributed by atoms with Crippen LogP contribution in [-0.4, -0.2) is 37.5 Å². The van der Waals surface area contributed by atoms with Crippen molar-refractivity contribution < 1.29 is 14.3 Å².